The number of ether oxygens (including phenoxy) is 1. The Morgan fingerprint density at radius 2 is 1.92 bits per heavy atom. The first-order valence-corrected chi connectivity index (χ1v) is 5.01. The molecule has 0 amide bonds. The third-order valence-corrected chi connectivity index (χ3v) is 1.86. The van der Waals surface area contributed by atoms with Crippen LogP contribution in [0.25, 0.3) is 0 Å². The number of nitrogens with one attached hydrogen (secondary N) is 1. The largest absolute Gasteiger partial charge is 0.381 e. The molecule has 0 aromatic heterocycles. The lowest BCUT2D eigenvalue weighted by molar-refractivity contribution is 0.0319. The smallest absolute Gasteiger partial charge is 0.135 e. The predicted molar refractivity (Wildman–Crippen MR) is 55.9 cm³/mol. The molecule has 1 unspecified atom stereocenters. The minimum Gasteiger partial charge on any atom is -0.381 e. The first kappa shape index (κ1) is 15.3. The van der Waals surface area contributed by atoms with Gasteiger partial charge >= 0.3 is 0 Å². The topological polar surface area (TPSA) is 21.3 Å². The minimum atomic E-state index is -1.14. The Hall–Kier alpha value is -0.150. The van der Waals surface area contributed by atoms with Gasteiger partial charge in [-0.2, -0.15) is 0 Å². The van der Waals surface area contributed by atoms with Gasteiger partial charge in [0.1, 0.15) is 5.67 Å². The molecule has 0 rings (SSSR count). The fourth-order valence-electron chi connectivity index (χ4n) is 0.959. The number of methoxy groups -OCH3 is 1. The van der Waals surface area contributed by atoms with Gasteiger partial charge in [-0.15, -0.1) is 0 Å². The third kappa shape index (κ3) is 8.19. The van der Waals surface area contributed by atoms with Gasteiger partial charge in [-0.3, -0.25) is 0 Å². The zero-order chi connectivity index (χ0) is 10.7. The van der Waals surface area contributed by atoms with Crippen molar-refractivity contribution in [3.63, 3.8) is 0 Å². The van der Waals surface area contributed by atoms with E-state index in [9.17, 15) is 4.39 Å². The summed E-state index contributed by atoms with van der Waals surface area (Å²) in [7, 11) is 3.35. The average Bonchev–Trinajstić information content (AvgIpc) is 2.18. The van der Waals surface area contributed by atoms with E-state index < -0.39 is 5.67 Å². The molecular formula is C10H24FNO. The van der Waals surface area contributed by atoms with Crippen molar-refractivity contribution < 1.29 is 9.13 Å². The lowest BCUT2D eigenvalue weighted by Crippen LogP contribution is -2.31. The highest BCUT2D eigenvalue weighted by Crippen LogP contribution is 2.19. The Morgan fingerprint density at radius 3 is 2.23 bits per heavy atom. The molecule has 0 bridgehead atoms. The lowest BCUT2D eigenvalue weighted by atomic mass is 10.00. The molecule has 1 atom stereocenters. The number of halogens is 1. The van der Waals surface area contributed by atoms with E-state index in [-0.39, 0.29) is 6.61 Å². The number of hydrogen-bond donors (Lipinski definition) is 1. The van der Waals surface area contributed by atoms with Crippen LogP contribution in [-0.4, -0.2) is 33.0 Å². The van der Waals surface area contributed by atoms with E-state index in [1.165, 1.54) is 7.11 Å². The first-order chi connectivity index (χ1) is 6.18. The van der Waals surface area contributed by atoms with Crippen LogP contribution >= 0.6 is 0 Å². The van der Waals surface area contributed by atoms with E-state index in [4.69, 9.17) is 4.74 Å². The van der Waals surface area contributed by atoms with Crippen LogP contribution in [0.3, 0.4) is 0 Å². The van der Waals surface area contributed by atoms with Crippen LogP contribution in [0.1, 0.15) is 33.6 Å². The summed E-state index contributed by atoms with van der Waals surface area (Å²) >= 11 is 0. The highest BCUT2D eigenvalue weighted by molar-refractivity contribution is 4.77. The Bertz CT molecular complexity index is 101. The molecular weight excluding hydrogens is 169 g/mol. The molecule has 82 valence electrons. The average molecular weight is 193 g/mol. The van der Waals surface area contributed by atoms with Gasteiger partial charge in [-0.1, -0.05) is 20.8 Å². The molecule has 2 nitrogen and oxygen atoms in total. The highest BCUT2D eigenvalue weighted by atomic mass is 19.1. The monoisotopic (exact) mass is 193 g/mol. The summed E-state index contributed by atoms with van der Waals surface area (Å²) in [6, 6.07) is 0. The van der Waals surface area contributed by atoms with Gasteiger partial charge in [0.05, 0.1) is 6.61 Å². The second-order valence-corrected chi connectivity index (χ2v) is 2.79. The zero-order valence-corrected chi connectivity index (χ0v) is 9.61. The second-order valence-electron chi connectivity index (χ2n) is 2.79. The molecule has 1 N–H and O–H groups in total. The Balaban J connectivity index is 0. The Labute approximate surface area is 81.9 Å². The maximum absolute atomic E-state index is 13.5. The molecule has 0 aliphatic heterocycles. The van der Waals surface area contributed by atoms with Gasteiger partial charge in [0.2, 0.25) is 0 Å². The molecule has 13 heavy (non-hydrogen) atoms. The maximum Gasteiger partial charge on any atom is 0.135 e. The van der Waals surface area contributed by atoms with Crippen LogP contribution < -0.4 is 5.32 Å². The van der Waals surface area contributed by atoms with Crippen LogP contribution in [-0.2, 0) is 4.74 Å². The molecule has 0 saturated carbocycles. The molecule has 0 fully saturated rings. The summed E-state index contributed by atoms with van der Waals surface area (Å²) in [5.41, 5.74) is -1.14. The van der Waals surface area contributed by atoms with Crippen molar-refractivity contribution in [3.8, 4) is 0 Å². The van der Waals surface area contributed by atoms with Crippen molar-refractivity contribution in [1.82, 2.24) is 5.32 Å². The summed E-state index contributed by atoms with van der Waals surface area (Å²) in [5.74, 6) is 0. The Morgan fingerprint density at radius 1 is 1.38 bits per heavy atom. The fourth-order valence-corrected chi connectivity index (χ4v) is 0.959. The van der Waals surface area contributed by atoms with E-state index in [0.717, 1.165) is 0 Å². The zero-order valence-electron chi connectivity index (χ0n) is 9.61. The number of alkyl halides is 1. The highest BCUT2D eigenvalue weighted by Gasteiger charge is 2.26. The molecule has 0 heterocycles. The molecule has 0 spiro atoms. The van der Waals surface area contributed by atoms with Crippen molar-refractivity contribution in [1.29, 1.82) is 0 Å². The van der Waals surface area contributed by atoms with Gasteiger partial charge in [0.25, 0.3) is 0 Å². The quantitative estimate of drug-likeness (QED) is 0.699. The summed E-state index contributed by atoms with van der Waals surface area (Å²) in [6.45, 7) is 6.74. The SMILES string of the molecule is CC.CCC(F)(CCNC)COC. The van der Waals surface area contributed by atoms with Gasteiger partial charge < -0.3 is 10.1 Å². The molecule has 0 radical (unpaired) electrons. The third-order valence-electron chi connectivity index (χ3n) is 1.86. The van der Waals surface area contributed by atoms with Crippen LogP contribution in [0, 0.1) is 0 Å². The minimum absolute atomic E-state index is 0.200. The predicted octanol–water partition coefficient (Wildman–Crippen LogP) is 2.39. The van der Waals surface area contributed by atoms with Crippen molar-refractivity contribution >= 4 is 0 Å². The van der Waals surface area contributed by atoms with E-state index >= 15 is 0 Å². The van der Waals surface area contributed by atoms with Gasteiger partial charge in [-0.05, 0) is 26.4 Å². The lowest BCUT2D eigenvalue weighted by Gasteiger charge is -2.22. The Kier molecular flexibility index (Phi) is 11.7. The first-order valence-electron chi connectivity index (χ1n) is 5.01. The van der Waals surface area contributed by atoms with Gasteiger partial charge in [0, 0.05) is 7.11 Å². The summed E-state index contributed by atoms with van der Waals surface area (Å²) < 4.78 is 18.3. The van der Waals surface area contributed by atoms with Crippen molar-refractivity contribution in [2.24, 2.45) is 0 Å². The summed E-state index contributed by atoms with van der Waals surface area (Å²) in [5, 5.41) is 2.92. The number of rotatable bonds is 6. The van der Waals surface area contributed by atoms with E-state index in [2.05, 4.69) is 5.32 Å². The van der Waals surface area contributed by atoms with Crippen LogP contribution in [0.15, 0.2) is 0 Å². The van der Waals surface area contributed by atoms with Crippen molar-refractivity contribution in [2.75, 3.05) is 27.3 Å². The molecule has 0 aromatic rings. The van der Waals surface area contributed by atoms with Crippen LogP contribution in [0.4, 0.5) is 4.39 Å². The molecule has 0 aliphatic carbocycles. The van der Waals surface area contributed by atoms with Gasteiger partial charge in [-0.25, -0.2) is 4.39 Å². The molecule has 3 heteroatoms. The van der Waals surface area contributed by atoms with E-state index in [1.807, 2.05) is 27.8 Å². The van der Waals surface area contributed by atoms with Gasteiger partial charge in [0.15, 0.2) is 0 Å². The summed E-state index contributed by atoms with van der Waals surface area (Å²) in [4.78, 5) is 0. The van der Waals surface area contributed by atoms with Crippen molar-refractivity contribution in [2.45, 2.75) is 39.3 Å². The van der Waals surface area contributed by atoms with Crippen LogP contribution in [0.2, 0.25) is 0 Å². The standard InChI is InChI=1S/C8H18FNO.C2H6/c1-4-8(9,7-11-3)5-6-10-2;1-2/h10H,4-7H2,1-3H3;1-2H3. The molecule has 0 saturated heterocycles. The van der Waals surface area contributed by atoms with E-state index in [1.54, 1.807) is 0 Å². The van der Waals surface area contributed by atoms with E-state index in [0.29, 0.717) is 19.4 Å². The molecule has 0 aliphatic rings. The molecule has 0 aromatic carbocycles. The summed E-state index contributed by atoms with van der Waals surface area (Å²) in [6.07, 6.45) is 1.04. The maximum atomic E-state index is 13.5. The van der Waals surface area contributed by atoms with Crippen molar-refractivity contribution in [3.05, 3.63) is 0 Å². The second kappa shape index (κ2) is 9.93. The fraction of sp³-hybridized carbons (Fsp3) is 1.00. The van der Waals surface area contributed by atoms with Crippen LogP contribution in [0.5, 0.6) is 0 Å². The normalized spacial score (nSPS) is 14.3. The number of hydrogen-bond acceptors (Lipinski definition) is 2.